The van der Waals surface area contributed by atoms with E-state index in [0.29, 0.717) is 0 Å². The van der Waals surface area contributed by atoms with Gasteiger partial charge in [0.1, 0.15) is 11.9 Å². The highest BCUT2D eigenvalue weighted by molar-refractivity contribution is 5.37. The highest BCUT2D eigenvalue weighted by atomic mass is 16.5. The second kappa shape index (κ2) is 5.40. The molecule has 20 heavy (non-hydrogen) atoms. The van der Waals surface area contributed by atoms with Crippen molar-refractivity contribution < 1.29 is 9.84 Å². The summed E-state index contributed by atoms with van der Waals surface area (Å²) in [4.78, 5) is 0. The van der Waals surface area contributed by atoms with Crippen LogP contribution < -0.4 is 4.74 Å². The lowest BCUT2D eigenvalue weighted by molar-refractivity contribution is -0.159. The molecule has 0 aliphatic heterocycles. The number of aryl methyl sites for hydroxylation is 2. The first-order valence-corrected chi connectivity index (χ1v) is 8.16. The van der Waals surface area contributed by atoms with Gasteiger partial charge in [-0.1, -0.05) is 19.9 Å². The van der Waals surface area contributed by atoms with Crippen LogP contribution in [0.5, 0.6) is 5.75 Å². The molecule has 0 heterocycles. The fourth-order valence-electron chi connectivity index (χ4n) is 4.02. The molecule has 1 aromatic rings. The Morgan fingerprint density at radius 2 is 1.85 bits per heavy atom. The van der Waals surface area contributed by atoms with Crippen LogP contribution >= 0.6 is 0 Å². The highest BCUT2D eigenvalue weighted by Crippen LogP contribution is 2.49. The van der Waals surface area contributed by atoms with Crippen LogP contribution in [-0.2, 0) is 12.8 Å². The highest BCUT2D eigenvalue weighted by Gasteiger charge is 2.53. The Hall–Kier alpha value is -1.02. The van der Waals surface area contributed by atoms with Crippen molar-refractivity contribution in [2.24, 2.45) is 5.41 Å². The molecule has 1 fully saturated rings. The normalized spacial score (nSPS) is 27.6. The summed E-state index contributed by atoms with van der Waals surface area (Å²) in [5, 5.41) is 10.1. The van der Waals surface area contributed by atoms with Crippen molar-refractivity contribution in [2.45, 2.75) is 71.0 Å². The molecule has 2 heteroatoms. The summed E-state index contributed by atoms with van der Waals surface area (Å²) in [6, 6.07) is 6.58. The van der Waals surface area contributed by atoms with Gasteiger partial charge in [-0.15, -0.1) is 0 Å². The van der Waals surface area contributed by atoms with E-state index in [1.807, 2.05) is 0 Å². The predicted molar refractivity (Wildman–Crippen MR) is 81.1 cm³/mol. The van der Waals surface area contributed by atoms with E-state index in [1.54, 1.807) is 0 Å². The van der Waals surface area contributed by atoms with Crippen LogP contribution in [0.1, 0.15) is 57.1 Å². The largest absolute Gasteiger partial charge is 0.490 e. The Morgan fingerprint density at radius 3 is 2.50 bits per heavy atom. The Balaban J connectivity index is 1.75. The summed E-state index contributed by atoms with van der Waals surface area (Å²) in [5.41, 5.74) is 2.93. The zero-order chi connectivity index (χ0) is 14.2. The van der Waals surface area contributed by atoms with Gasteiger partial charge in [-0.25, -0.2) is 0 Å². The summed E-state index contributed by atoms with van der Waals surface area (Å²) in [5.74, 6) is 0.994. The topological polar surface area (TPSA) is 29.5 Å². The monoisotopic (exact) mass is 274 g/mol. The number of aliphatic hydroxyl groups excluding tert-OH is 1. The molecule has 2 nitrogen and oxygen atoms in total. The summed E-state index contributed by atoms with van der Waals surface area (Å²) in [7, 11) is 0. The third-order valence-corrected chi connectivity index (χ3v) is 5.66. The van der Waals surface area contributed by atoms with E-state index in [4.69, 9.17) is 4.74 Å². The van der Waals surface area contributed by atoms with Crippen LogP contribution in [0.15, 0.2) is 18.2 Å². The van der Waals surface area contributed by atoms with Crippen molar-refractivity contribution in [3.8, 4) is 5.75 Å². The van der Waals surface area contributed by atoms with Gasteiger partial charge in [0.2, 0.25) is 0 Å². The summed E-state index contributed by atoms with van der Waals surface area (Å²) >= 11 is 0. The molecular weight excluding hydrogens is 248 g/mol. The molecule has 2 atom stereocenters. The van der Waals surface area contributed by atoms with Gasteiger partial charge in [-0.3, -0.25) is 0 Å². The first kappa shape index (κ1) is 13.9. The molecule has 2 aliphatic rings. The molecule has 0 spiro atoms. The molecule has 0 bridgehead atoms. The van der Waals surface area contributed by atoms with Gasteiger partial charge < -0.3 is 9.84 Å². The molecule has 2 unspecified atom stereocenters. The second-order valence-electron chi connectivity index (χ2n) is 6.44. The third kappa shape index (κ3) is 2.14. The molecule has 1 aromatic carbocycles. The molecule has 1 saturated carbocycles. The van der Waals surface area contributed by atoms with E-state index in [9.17, 15) is 5.11 Å². The lowest BCUT2D eigenvalue weighted by Gasteiger charge is -2.52. The standard InChI is InChI=1S/C18H26O2/c1-3-18(4-2)16(19)12-17(18)20-15-10-9-13-7-5-6-8-14(13)11-15/h9-11,16-17,19H,3-8,12H2,1-2H3. The minimum absolute atomic E-state index is 0.0318. The molecule has 0 aromatic heterocycles. The zero-order valence-corrected chi connectivity index (χ0v) is 12.7. The van der Waals surface area contributed by atoms with Crippen LogP contribution in [0.25, 0.3) is 0 Å². The average molecular weight is 274 g/mol. The van der Waals surface area contributed by atoms with Gasteiger partial charge in [0.25, 0.3) is 0 Å². The van der Waals surface area contributed by atoms with Crippen molar-refractivity contribution in [1.29, 1.82) is 0 Å². The molecule has 0 amide bonds. The minimum atomic E-state index is -0.194. The average Bonchev–Trinajstić information content (AvgIpc) is 2.48. The summed E-state index contributed by atoms with van der Waals surface area (Å²) < 4.78 is 6.22. The van der Waals surface area contributed by atoms with Gasteiger partial charge in [-0.2, -0.15) is 0 Å². The molecule has 0 radical (unpaired) electrons. The van der Waals surface area contributed by atoms with E-state index in [2.05, 4.69) is 32.0 Å². The van der Waals surface area contributed by atoms with Crippen LogP contribution in [0.2, 0.25) is 0 Å². The molecular formula is C18H26O2. The van der Waals surface area contributed by atoms with Crippen molar-refractivity contribution in [3.05, 3.63) is 29.3 Å². The van der Waals surface area contributed by atoms with Crippen molar-refractivity contribution >= 4 is 0 Å². The van der Waals surface area contributed by atoms with E-state index in [-0.39, 0.29) is 17.6 Å². The maximum atomic E-state index is 10.1. The number of benzene rings is 1. The molecule has 1 N–H and O–H groups in total. The Bertz CT molecular complexity index is 476. The van der Waals surface area contributed by atoms with Crippen molar-refractivity contribution in [3.63, 3.8) is 0 Å². The smallest absolute Gasteiger partial charge is 0.120 e. The van der Waals surface area contributed by atoms with Crippen LogP contribution in [0.4, 0.5) is 0 Å². The first-order chi connectivity index (χ1) is 9.69. The predicted octanol–water partition coefficient (Wildman–Crippen LogP) is 3.88. The maximum Gasteiger partial charge on any atom is 0.120 e. The third-order valence-electron chi connectivity index (χ3n) is 5.66. The summed E-state index contributed by atoms with van der Waals surface area (Å²) in [6.07, 6.45) is 7.75. The van der Waals surface area contributed by atoms with E-state index < -0.39 is 0 Å². The first-order valence-electron chi connectivity index (χ1n) is 8.16. The zero-order valence-electron chi connectivity index (χ0n) is 12.7. The molecule has 0 saturated heterocycles. The van der Waals surface area contributed by atoms with E-state index in [1.165, 1.54) is 36.8 Å². The minimum Gasteiger partial charge on any atom is -0.490 e. The van der Waals surface area contributed by atoms with Gasteiger partial charge in [0, 0.05) is 11.8 Å². The van der Waals surface area contributed by atoms with Crippen molar-refractivity contribution in [1.82, 2.24) is 0 Å². The second-order valence-corrected chi connectivity index (χ2v) is 6.44. The van der Waals surface area contributed by atoms with Gasteiger partial charge in [0.05, 0.1) is 6.10 Å². The Labute approximate surface area is 122 Å². The quantitative estimate of drug-likeness (QED) is 0.902. The van der Waals surface area contributed by atoms with Gasteiger partial charge >= 0.3 is 0 Å². The fourth-order valence-corrected chi connectivity index (χ4v) is 4.02. The van der Waals surface area contributed by atoms with Crippen LogP contribution in [0, 0.1) is 5.41 Å². The van der Waals surface area contributed by atoms with Crippen molar-refractivity contribution in [2.75, 3.05) is 0 Å². The van der Waals surface area contributed by atoms with Crippen LogP contribution in [0.3, 0.4) is 0 Å². The lowest BCUT2D eigenvalue weighted by atomic mass is 9.60. The lowest BCUT2D eigenvalue weighted by Crippen LogP contribution is -2.59. The fraction of sp³-hybridized carbons (Fsp3) is 0.667. The molecule has 110 valence electrons. The SMILES string of the molecule is CCC1(CC)C(O)CC1Oc1ccc2c(c1)CCCC2. The van der Waals surface area contributed by atoms with Gasteiger partial charge in [0.15, 0.2) is 0 Å². The Kier molecular flexibility index (Phi) is 3.76. The van der Waals surface area contributed by atoms with Gasteiger partial charge in [-0.05, 0) is 61.8 Å². The Morgan fingerprint density at radius 1 is 1.15 bits per heavy atom. The van der Waals surface area contributed by atoms with E-state index in [0.717, 1.165) is 25.0 Å². The molecule has 2 aliphatic carbocycles. The number of aliphatic hydroxyl groups is 1. The van der Waals surface area contributed by atoms with Crippen LogP contribution in [-0.4, -0.2) is 17.3 Å². The number of hydrogen-bond acceptors (Lipinski definition) is 2. The number of hydrogen-bond donors (Lipinski definition) is 1. The maximum absolute atomic E-state index is 10.1. The summed E-state index contributed by atoms with van der Waals surface area (Å²) in [6.45, 7) is 4.32. The molecule has 3 rings (SSSR count). The number of rotatable bonds is 4. The van der Waals surface area contributed by atoms with E-state index >= 15 is 0 Å². The number of fused-ring (bicyclic) bond motifs is 1. The number of ether oxygens (including phenoxy) is 1.